The Bertz CT molecular complexity index is 976. The molecule has 0 unspecified atom stereocenters. The van der Waals surface area contributed by atoms with Gasteiger partial charge in [-0.25, -0.2) is 0 Å². The molecule has 130 valence electrons. The molecule has 0 fully saturated rings. The molecule has 1 aliphatic heterocycles. The first kappa shape index (κ1) is 17.1. The van der Waals surface area contributed by atoms with E-state index in [0.29, 0.717) is 21.3 Å². The van der Waals surface area contributed by atoms with Crippen LogP contribution in [0.4, 0.5) is 0 Å². The predicted molar refractivity (Wildman–Crippen MR) is 103 cm³/mol. The van der Waals surface area contributed by atoms with Crippen molar-refractivity contribution in [2.24, 2.45) is 0 Å². The number of benzene rings is 1. The molecule has 0 saturated heterocycles. The lowest BCUT2D eigenvalue weighted by atomic mass is 10.2. The van der Waals surface area contributed by atoms with E-state index >= 15 is 0 Å². The summed E-state index contributed by atoms with van der Waals surface area (Å²) in [6, 6.07) is 14.4. The van der Waals surface area contributed by atoms with Gasteiger partial charge in [0.25, 0.3) is 11.8 Å². The maximum atomic E-state index is 13.0. The summed E-state index contributed by atoms with van der Waals surface area (Å²) in [4.78, 5) is 29.2. The van der Waals surface area contributed by atoms with E-state index < -0.39 is 0 Å². The number of carbonyl (C=O) groups is 2. The molecule has 0 bridgehead atoms. The van der Waals surface area contributed by atoms with Gasteiger partial charge in [0.15, 0.2) is 0 Å². The second kappa shape index (κ2) is 7.15. The Morgan fingerprint density at radius 3 is 2.50 bits per heavy atom. The van der Waals surface area contributed by atoms with Crippen molar-refractivity contribution in [2.45, 2.75) is 11.4 Å². The van der Waals surface area contributed by atoms with Crippen LogP contribution >= 0.6 is 34.7 Å². The van der Waals surface area contributed by atoms with Gasteiger partial charge in [-0.05, 0) is 47.8 Å². The van der Waals surface area contributed by atoms with Crippen molar-refractivity contribution in [1.29, 1.82) is 0 Å². The molecule has 4 rings (SSSR count). The van der Waals surface area contributed by atoms with Crippen LogP contribution in [0.5, 0.6) is 0 Å². The highest BCUT2D eigenvalue weighted by Gasteiger charge is 2.40. The van der Waals surface area contributed by atoms with Gasteiger partial charge >= 0.3 is 0 Å². The number of thiophene rings is 1. The summed E-state index contributed by atoms with van der Waals surface area (Å²) in [5, 5.41) is 2.51. The van der Waals surface area contributed by atoms with Crippen molar-refractivity contribution < 1.29 is 14.0 Å². The molecule has 0 spiro atoms. The molecule has 0 saturated carbocycles. The third kappa shape index (κ3) is 3.23. The predicted octanol–water partition coefficient (Wildman–Crippen LogP) is 5.07. The number of nitrogens with zero attached hydrogens (tertiary/aromatic N) is 1. The van der Waals surface area contributed by atoms with E-state index in [2.05, 4.69) is 0 Å². The van der Waals surface area contributed by atoms with Gasteiger partial charge in [0.2, 0.25) is 0 Å². The van der Waals surface area contributed by atoms with Gasteiger partial charge in [-0.1, -0.05) is 29.4 Å². The Balaban J connectivity index is 1.71. The molecule has 0 radical (unpaired) electrons. The van der Waals surface area contributed by atoms with Crippen molar-refractivity contribution in [3.8, 4) is 0 Å². The molecule has 7 heteroatoms. The largest absolute Gasteiger partial charge is 0.467 e. The first-order valence-corrected chi connectivity index (χ1v) is 9.81. The summed E-state index contributed by atoms with van der Waals surface area (Å²) < 4.78 is 5.30. The minimum absolute atomic E-state index is 0.115. The van der Waals surface area contributed by atoms with Gasteiger partial charge in [0.1, 0.15) is 5.76 Å². The van der Waals surface area contributed by atoms with Crippen LogP contribution in [0, 0.1) is 0 Å². The summed E-state index contributed by atoms with van der Waals surface area (Å²) in [5.74, 6) is -0.0463. The Morgan fingerprint density at radius 2 is 1.85 bits per heavy atom. The molecule has 1 aromatic carbocycles. The number of halogens is 1. The number of thioether (sulfide) groups is 1. The fraction of sp³-hybridized carbons (Fsp3) is 0.0526. The highest BCUT2D eigenvalue weighted by molar-refractivity contribution is 8.04. The maximum absolute atomic E-state index is 13.0. The first-order chi connectivity index (χ1) is 12.6. The molecule has 0 atom stereocenters. The molecule has 1 aliphatic rings. The van der Waals surface area contributed by atoms with Crippen molar-refractivity contribution in [3.05, 3.63) is 80.7 Å². The van der Waals surface area contributed by atoms with Gasteiger partial charge in [0.05, 0.1) is 23.3 Å². The number of imide groups is 1. The number of carbonyl (C=O) groups excluding carboxylic acids is 2. The second-order valence-electron chi connectivity index (χ2n) is 5.51. The van der Waals surface area contributed by atoms with Crippen LogP contribution < -0.4 is 0 Å². The number of furan rings is 1. The van der Waals surface area contributed by atoms with E-state index in [1.807, 2.05) is 29.6 Å². The van der Waals surface area contributed by atoms with Gasteiger partial charge in [-0.3, -0.25) is 14.5 Å². The fourth-order valence-corrected chi connectivity index (χ4v) is 4.57. The lowest BCUT2D eigenvalue weighted by Crippen LogP contribution is -2.30. The van der Waals surface area contributed by atoms with E-state index in [1.54, 1.807) is 24.3 Å². The lowest BCUT2D eigenvalue weighted by Gasteiger charge is -2.13. The summed E-state index contributed by atoms with van der Waals surface area (Å²) in [6.07, 6.45) is 1.53. The molecule has 0 N–H and O–H groups in total. The molecular formula is C19H12ClNO3S2. The van der Waals surface area contributed by atoms with E-state index in [9.17, 15) is 9.59 Å². The molecule has 2 aromatic heterocycles. The smallest absolute Gasteiger partial charge is 0.268 e. The summed E-state index contributed by atoms with van der Waals surface area (Å²) in [6.45, 7) is 0.115. The molecule has 3 aromatic rings. The average Bonchev–Trinajstić information content (AvgIpc) is 3.37. The second-order valence-corrected chi connectivity index (χ2v) is 7.98. The lowest BCUT2D eigenvalue weighted by molar-refractivity contribution is -0.137. The number of hydrogen-bond acceptors (Lipinski definition) is 5. The third-order valence-electron chi connectivity index (χ3n) is 3.82. The Labute approximate surface area is 163 Å². The van der Waals surface area contributed by atoms with Crippen molar-refractivity contribution >= 4 is 52.1 Å². The molecule has 2 amide bonds. The SMILES string of the molecule is O=C1C(Sc2ccc(Cl)cc2)=C(c2cccs2)C(=O)N1Cc1ccco1. The summed E-state index contributed by atoms with van der Waals surface area (Å²) >= 11 is 8.65. The zero-order valence-corrected chi connectivity index (χ0v) is 15.7. The van der Waals surface area contributed by atoms with Gasteiger partial charge in [-0.2, -0.15) is 0 Å². The van der Waals surface area contributed by atoms with Crippen LogP contribution in [-0.4, -0.2) is 16.7 Å². The number of hydrogen-bond donors (Lipinski definition) is 0. The van der Waals surface area contributed by atoms with Crippen molar-refractivity contribution in [2.75, 3.05) is 0 Å². The van der Waals surface area contributed by atoms with Crippen molar-refractivity contribution in [1.82, 2.24) is 4.90 Å². The summed E-state index contributed by atoms with van der Waals surface area (Å²) in [7, 11) is 0. The van der Waals surface area contributed by atoms with Crippen LogP contribution in [0.25, 0.3) is 5.57 Å². The van der Waals surface area contributed by atoms with Crippen molar-refractivity contribution in [3.63, 3.8) is 0 Å². The minimum Gasteiger partial charge on any atom is -0.467 e. The molecule has 3 heterocycles. The molecule has 0 aliphatic carbocycles. The van der Waals surface area contributed by atoms with Gasteiger partial charge < -0.3 is 4.42 Å². The minimum atomic E-state index is -0.310. The normalized spacial score (nSPS) is 14.6. The maximum Gasteiger partial charge on any atom is 0.268 e. The Hall–Kier alpha value is -2.28. The van der Waals surface area contributed by atoms with Crippen LogP contribution in [0.2, 0.25) is 5.02 Å². The first-order valence-electron chi connectivity index (χ1n) is 7.73. The average molecular weight is 402 g/mol. The van der Waals surface area contributed by atoms with E-state index in [-0.39, 0.29) is 18.4 Å². The standard InChI is InChI=1S/C19H12ClNO3S2/c20-12-5-7-14(8-6-12)26-17-16(15-4-2-10-25-15)18(22)21(19(17)23)11-13-3-1-9-24-13/h1-10H,11H2. The van der Waals surface area contributed by atoms with Gasteiger partial charge in [0, 0.05) is 14.8 Å². The zero-order chi connectivity index (χ0) is 18.1. The molecule has 4 nitrogen and oxygen atoms in total. The zero-order valence-electron chi connectivity index (χ0n) is 13.3. The highest BCUT2D eigenvalue weighted by atomic mass is 35.5. The highest BCUT2D eigenvalue weighted by Crippen LogP contribution is 2.41. The van der Waals surface area contributed by atoms with E-state index in [1.165, 1.54) is 34.3 Å². The van der Waals surface area contributed by atoms with Gasteiger partial charge in [-0.15, -0.1) is 11.3 Å². The van der Waals surface area contributed by atoms with Crippen LogP contribution in [0.3, 0.4) is 0 Å². The Morgan fingerprint density at radius 1 is 1.04 bits per heavy atom. The summed E-state index contributed by atoms with van der Waals surface area (Å²) in [5.41, 5.74) is 0.441. The number of amides is 2. The molecular weight excluding hydrogens is 390 g/mol. The Kier molecular flexibility index (Phi) is 4.72. The third-order valence-corrected chi connectivity index (χ3v) is 6.05. The fourth-order valence-electron chi connectivity index (χ4n) is 2.61. The van der Waals surface area contributed by atoms with Crippen LogP contribution in [0.1, 0.15) is 10.6 Å². The van der Waals surface area contributed by atoms with E-state index in [0.717, 1.165) is 9.77 Å². The number of rotatable bonds is 5. The quantitative estimate of drug-likeness (QED) is 0.560. The van der Waals surface area contributed by atoms with Crippen LogP contribution in [-0.2, 0) is 16.1 Å². The molecule has 26 heavy (non-hydrogen) atoms. The monoisotopic (exact) mass is 401 g/mol. The van der Waals surface area contributed by atoms with Crippen LogP contribution in [0.15, 0.2) is 74.4 Å². The topological polar surface area (TPSA) is 50.5 Å². The van der Waals surface area contributed by atoms with E-state index in [4.69, 9.17) is 16.0 Å².